The molecule has 0 aliphatic rings. The average molecular weight is 393 g/mol. The summed E-state index contributed by atoms with van der Waals surface area (Å²) in [6, 6.07) is 20.8. The summed E-state index contributed by atoms with van der Waals surface area (Å²) in [6.07, 6.45) is -1.15. The molecule has 0 bridgehead atoms. The molecule has 0 saturated heterocycles. The molecule has 1 N–H and O–H groups in total. The first-order valence-electron chi connectivity index (χ1n) is 9.54. The number of carbonyl (C=O) groups excluding carboxylic acids is 1. The van der Waals surface area contributed by atoms with Crippen LogP contribution < -0.4 is 5.32 Å². The molecule has 0 saturated carbocycles. The van der Waals surface area contributed by atoms with Gasteiger partial charge in [-0.1, -0.05) is 67.5 Å². The van der Waals surface area contributed by atoms with Gasteiger partial charge in [0.25, 0.3) is 0 Å². The van der Waals surface area contributed by atoms with Gasteiger partial charge in [0.15, 0.2) is 11.9 Å². The van der Waals surface area contributed by atoms with Crippen LogP contribution in [0.5, 0.6) is 0 Å². The number of para-hydroxylation sites is 1. The van der Waals surface area contributed by atoms with E-state index in [0.717, 1.165) is 5.56 Å². The maximum Gasteiger partial charge on any atom is 0.412 e. The minimum atomic E-state index is -0.612. The topological polar surface area (TPSA) is 67.6 Å². The Kier molecular flexibility index (Phi) is 6.34. The lowest BCUT2D eigenvalue weighted by atomic mass is 9.84. The summed E-state index contributed by atoms with van der Waals surface area (Å²) in [6.45, 7) is 4.77. The van der Waals surface area contributed by atoms with Crippen molar-refractivity contribution in [2.75, 3.05) is 26.0 Å². The van der Waals surface area contributed by atoms with Crippen molar-refractivity contribution >= 4 is 11.8 Å². The van der Waals surface area contributed by atoms with E-state index in [-0.39, 0.29) is 0 Å². The van der Waals surface area contributed by atoms with E-state index in [9.17, 15) is 4.79 Å². The van der Waals surface area contributed by atoms with Gasteiger partial charge in [-0.2, -0.15) is 0 Å². The van der Waals surface area contributed by atoms with E-state index < -0.39 is 17.6 Å². The molecule has 1 amide bonds. The molecule has 0 radical (unpaired) electrons. The molecule has 0 spiro atoms. The third-order valence-corrected chi connectivity index (χ3v) is 4.53. The van der Waals surface area contributed by atoms with Crippen LogP contribution in [0.15, 0.2) is 71.3 Å². The molecule has 2 aromatic carbocycles. The third kappa shape index (κ3) is 5.45. The van der Waals surface area contributed by atoms with Gasteiger partial charge < -0.3 is 14.2 Å². The normalized spacial score (nSPS) is 12.6. The Balaban J connectivity index is 1.85. The van der Waals surface area contributed by atoms with Crippen LogP contribution in [0.4, 0.5) is 10.5 Å². The molecule has 0 aliphatic heterocycles. The fraction of sp³-hybridized carbons (Fsp3) is 0.304. The number of carbonyl (C=O) groups is 1. The largest absolute Gasteiger partial charge is 0.437 e. The predicted molar refractivity (Wildman–Crippen MR) is 114 cm³/mol. The number of hydrogen-bond donors (Lipinski definition) is 1. The van der Waals surface area contributed by atoms with E-state index in [0.29, 0.717) is 23.7 Å². The zero-order chi connectivity index (χ0) is 20.9. The molecule has 3 rings (SSSR count). The smallest absolute Gasteiger partial charge is 0.412 e. The molecule has 3 aromatic rings. The number of amides is 1. The second-order valence-corrected chi connectivity index (χ2v) is 7.98. The standard InChI is InChI=1S/C23H27N3O3/c1-23(2,16-26(3)4)21(28-22(27)24-18-13-9-6-10-14-18)20-15-19(25-29-20)17-11-7-5-8-12-17/h5-15,21H,16H2,1-4H3,(H,24,27). The first kappa shape index (κ1) is 20.6. The van der Waals surface area contributed by atoms with E-state index in [1.165, 1.54) is 0 Å². The van der Waals surface area contributed by atoms with E-state index in [1.54, 1.807) is 0 Å². The molecule has 0 fully saturated rings. The molecule has 152 valence electrons. The van der Waals surface area contributed by atoms with E-state index >= 15 is 0 Å². The van der Waals surface area contributed by atoms with E-state index in [4.69, 9.17) is 9.26 Å². The van der Waals surface area contributed by atoms with Crippen molar-refractivity contribution in [3.8, 4) is 11.3 Å². The summed E-state index contributed by atoms with van der Waals surface area (Å²) in [7, 11) is 3.97. The van der Waals surface area contributed by atoms with Crippen molar-refractivity contribution in [1.29, 1.82) is 0 Å². The van der Waals surface area contributed by atoms with Crippen LogP contribution in [0, 0.1) is 5.41 Å². The fourth-order valence-electron chi connectivity index (χ4n) is 3.43. The number of hydrogen-bond acceptors (Lipinski definition) is 5. The highest BCUT2D eigenvalue weighted by Crippen LogP contribution is 2.38. The van der Waals surface area contributed by atoms with E-state index in [1.807, 2.05) is 94.7 Å². The lowest BCUT2D eigenvalue weighted by Gasteiger charge is -2.34. The zero-order valence-corrected chi connectivity index (χ0v) is 17.3. The van der Waals surface area contributed by atoms with Gasteiger partial charge >= 0.3 is 6.09 Å². The van der Waals surface area contributed by atoms with Crippen LogP contribution >= 0.6 is 0 Å². The molecule has 1 atom stereocenters. The minimum absolute atomic E-state index is 0.412. The summed E-state index contributed by atoms with van der Waals surface area (Å²) in [5, 5.41) is 6.96. The van der Waals surface area contributed by atoms with Crippen LogP contribution in [0.25, 0.3) is 11.3 Å². The summed E-state index contributed by atoms with van der Waals surface area (Å²) < 4.78 is 11.5. The Hall–Kier alpha value is -3.12. The van der Waals surface area contributed by atoms with Gasteiger partial charge in [-0.05, 0) is 26.2 Å². The van der Waals surface area contributed by atoms with Crippen LogP contribution in [0.2, 0.25) is 0 Å². The Morgan fingerprint density at radius 1 is 1.10 bits per heavy atom. The molecule has 1 heterocycles. The van der Waals surface area contributed by atoms with Crippen LogP contribution in [0.1, 0.15) is 25.7 Å². The number of nitrogens with zero attached hydrogens (tertiary/aromatic N) is 2. The highest BCUT2D eigenvalue weighted by atomic mass is 16.6. The Morgan fingerprint density at radius 3 is 2.34 bits per heavy atom. The highest BCUT2D eigenvalue weighted by molar-refractivity contribution is 5.84. The number of rotatable bonds is 7. The molecular weight excluding hydrogens is 366 g/mol. The van der Waals surface area contributed by atoms with Gasteiger partial charge in [0.05, 0.1) is 0 Å². The summed E-state index contributed by atoms with van der Waals surface area (Å²) in [4.78, 5) is 14.7. The van der Waals surface area contributed by atoms with Gasteiger partial charge in [0.2, 0.25) is 0 Å². The number of aromatic nitrogens is 1. The first-order valence-corrected chi connectivity index (χ1v) is 9.54. The summed E-state index contributed by atoms with van der Waals surface area (Å²) in [5.41, 5.74) is 1.91. The van der Waals surface area contributed by atoms with Crippen molar-refractivity contribution in [2.24, 2.45) is 5.41 Å². The summed E-state index contributed by atoms with van der Waals surface area (Å²) in [5.74, 6) is 0.513. The van der Waals surface area contributed by atoms with Crippen LogP contribution in [-0.2, 0) is 4.74 Å². The Labute approximate surface area is 171 Å². The van der Waals surface area contributed by atoms with Gasteiger partial charge in [-0.15, -0.1) is 0 Å². The maximum absolute atomic E-state index is 12.6. The molecule has 6 nitrogen and oxygen atoms in total. The quantitative estimate of drug-likeness (QED) is 0.596. The number of nitrogens with one attached hydrogen (secondary N) is 1. The van der Waals surface area contributed by atoms with Gasteiger partial charge in [0, 0.05) is 29.3 Å². The monoisotopic (exact) mass is 393 g/mol. The van der Waals surface area contributed by atoms with E-state index in [2.05, 4.69) is 15.4 Å². The highest BCUT2D eigenvalue weighted by Gasteiger charge is 2.38. The lowest BCUT2D eigenvalue weighted by Crippen LogP contribution is -2.36. The minimum Gasteiger partial charge on any atom is -0.437 e. The Morgan fingerprint density at radius 2 is 1.72 bits per heavy atom. The first-order chi connectivity index (χ1) is 13.8. The average Bonchev–Trinajstić information content (AvgIpc) is 3.16. The van der Waals surface area contributed by atoms with Crippen molar-refractivity contribution in [3.05, 3.63) is 72.5 Å². The number of benzene rings is 2. The molecule has 29 heavy (non-hydrogen) atoms. The number of ether oxygens (including phenoxy) is 1. The van der Waals surface area contributed by atoms with Gasteiger partial charge in [-0.25, -0.2) is 4.79 Å². The lowest BCUT2D eigenvalue weighted by molar-refractivity contribution is -0.00107. The van der Waals surface area contributed by atoms with Gasteiger partial charge in [0.1, 0.15) is 5.69 Å². The summed E-state index contributed by atoms with van der Waals surface area (Å²) >= 11 is 0. The van der Waals surface area contributed by atoms with Crippen molar-refractivity contribution < 1.29 is 14.1 Å². The molecule has 1 unspecified atom stereocenters. The fourth-order valence-corrected chi connectivity index (χ4v) is 3.43. The van der Waals surface area contributed by atoms with Crippen molar-refractivity contribution in [3.63, 3.8) is 0 Å². The molecular formula is C23H27N3O3. The maximum atomic E-state index is 12.6. The molecule has 6 heteroatoms. The predicted octanol–water partition coefficient (Wildman–Crippen LogP) is 5.22. The van der Waals surface area contributed by atoms with Gasteiger partial charge in [-0.3, -0.25) is 5.32 Å². The SMILES string of the molecule is CN(C)CC(C)(C)C(OC(=O)Nc1ccccc1)c1cc(-c2ccccc2)no1. The Bertz CT molecular complexity index is 921. The second kappa shape index (κ2) is 8.92. The molecule has 0 aliphatic carbocycles. The zero-order valence-electron chi connectivity index (χ0n) is 17.3. The van der Waals surface area contributed by atoms with Crippen molar-refractivity contribution in [1.82, 2.24) is 10.1 Å². The van der Waals surface area contributed by atoms with Crippen LogP contribution in [0.3, 0.4) is 0 Å². The number of anilines is 1. The van der Waals surface area contributed by atoms with Crippen LogP contribution in [-0.4, -0.2) is 36.8 Å². The third-order valence-electron chi connectivity index (χ3n) is 4.53. The molecule has 1 aromatic heterocycles. The van der Waals surface area contributed by atoms with Crippen molar-refractivity contribution in [2.45, 2.75) is 20.0 Å². The second-order valence-electron chi connectivity index (χ2n) is 7.98.